The highest BCUT2D eigenvalue weighted by Gasteiger charge is 2.09. The molecule has 1 aromatic heterocycles. The van der Waals surface area contributed by atoms with Gasteiger partial charge in [-0.3, -0.25) is 4.98 Å². The van der Waals surface area contributed by atoms with Gasteiger partial charge in [-0.15, -0.1) is 6.58 Å². The number of pyridine rings is 1. The molecule has 0 aliphatic carbocycles. The minimum atomic E-state index is -0.00656. The fourth-order valence-corrected chi connectivity index (χ4v) is 1.78. The van der Waals surface area contributed by atoms with E-state index in [1.165, 1.54) is 0 Å². The lowest BCUT2D eigenvalue weighted by molar-refractivity contribution is 0.0115. The molecule has 0 saturated carbocycles. The fraction of sp³-hybridized carbons (Fsp3) is 0.235. The summed E-state index contributed by atoms with van der Waals surface area (Å²) in [6, 6.07) is 13.8. The van der Waals surface area contributed by atoms with Crippen molar-refractivity contribution in [2.75, 3.05) is 6.61 Å². The number of aromatic nitrogens is 1. The maximum Gasteiger partial charge on any atom is 0.137 e. The Morgan fingerprint density at radius 3 is 2.70 bits per heavy atom. The van der Waals surface area contributed by atoms with E-state index in [0.29, 0.717) is 13.2 Å². The number of hydrogen-bond donors (Lipinski definition) is 0. The van der Waals surface area contributed by atoms with Crippen molar-refractivity contribution in [1.29, 1.82) is 0 Å². The minimum absolute atomic E-state index is 0.00656. The van der Waals surface area contributed by atoms with Gasteiger partial charge in [0.1, 0.15) is 12.4 Å². The van der Waals surface area contributed by atoms with E-state index in [-0.39, 0.29) is 6.10 Å². The Bertz CT molecular complexity index is 455. The maximum absolute atomic E-state index is 5.87. The highest BCUT2D eigenvalue weighted by molar-refractivity contribution is 5.15. The van der Waals surface area contributed by atoms with Gasteiger partial charge < -0.3 is 9.47 Å². The Kier molecular flexibility index (Phi) is 5.80. The van der Waals surface area contributed by atoms with Crippen LogP contribution in [0.1, 0.15) is 12.0 Å². The summed E-state index contributed by atoms with van der Waals surface area (Å²) in [4.78, 5) is 4.02. The molecule has 3 heteroatoms. The molecule has 0 aliphatic rings. The van der Waals surface area contributed by atoms with Crippen LogP contribution in [-0.4, -0.2) is 17.7 Å². The van der Waals surface area contributed by atoms with Crippen molar-refractivity contribution in [3.8, 4) is 5.75 Å². The molecule has 0 radical (unpaired) electrons. The van der Waals surface area contributed by atoms with E-state index in [1.54, 1.807) is 12.4 Å². The third-order valence-electron chi connectivity index (χ3n) is 2.83. The van der Waals surface area contributed by atoms with Crippen molar-refractivity contribution in [3.05, 3.63) is 73.1 Å². The zero-order chi connectivity index (χ0) is 14.0. The molecule has 0 bridgehead atoms. The second-order valence-electron chi connectivity index (χ2n) is 4.44. The standard InChI is InChI=1S/C17H19NO2/c1-2-7-17(14-20-16-10-6-11-18-12-16)19-13-15-8-4-3-5-9-15/h2-6,8-12,17H,1,7,13-14H2. The summed E-state index contributed by atoms with van der Waals surface area (Å²) in [6.07, 6.45) is 6.02. The van der Waals surface area contributed by atoms with Crippen LogP contribution in [0.3, 0.4) is 0 Å². The van der Waals surface area contributed by atoms with Crippen LogP contribution in [0.5, 0.6) is 5.75 Å². The van der Waals surface area contributed by atoms with Crippen LogP contribution >= 0.6 is 0 Å². The van der Waals surface area contributed by atoms with E-state index in [2.05, 4.69) is 11.6 Å². The quantitative estimate of drug-likeness (QED) is 0.686. The average Bonchev–Trinajstić information content (AvgIpc) is 2.52. The number of rotatable bonds is 8. The molecule has 1 atom stereocenters. The molecule has 104 valence electrons. The summed E-state index contributed by atoms with van der Waals surface area (Å²) in [5, 5.41) is 0. The number of ether oxygens (including phenoxy) is 2. The zero-order valence-corrected chi connectivity index (χ0v) is 11.4. The normalized spacial score (nSPS) is 11.8. The van der Waals surface area contributed by atoms with Gasteiger partial charge in [-0.2, -0.15) is 0 Å². The van der Waals surface area contributed by atoms with Crippen LogP contribution < -0.4 is 4.74 Å². The van der Waals surface area contributed by atoms with Crippen LogP contribution in [-0.2, 0) is 11.3 Å². The maximum atomic E-state index is 5.87. The first-order valence-electron chi connectivity index (χ1n) is 6.67. The first kappa shape index (κ1) is 14.3. The Labute approximate surface area is 119 Å². The van der Waals surface area contributed by atoms with Crippen molar-refractivity contribution >= 4 is 0 Å². The minimum Gasteiger partial charge on any atom is -0.489 e. The average molecular weight is 269 g/mol. The zero-order valence-electron chi connectivity index (χ0n) is 11.4. The Morgan fingerprint density at radius 2 is 2.00 bits per heavy atom. The molecular weight excluding hydrogens is 250 g/mol. The van der Waals surface area contributed by atoms with Gasteiger partial charge >= 0.3 is 0 Å². The number of nitrogens with zero attached hydrogens (tertiary/aromatic N) is 1. The summed E-state index contributed by atoms with van der Waals surface area (Å²) in [7, 11) is 0. The largest absolute Gasteiger partial charge is 0.489 e. The van der Waals surface area contributed by atoms with Crippen LogP contribution in [0.2, 0.25) is 0 Å². The molecular formula is C17H19NO2. The summed E-state index contributed by atoms with van der Waals surface area (Å²) >= 11 is 0. The first-order chi connectivity index (χ1) is 9.88. The van der Waals surface area contributed by atoms with Crippen LogP contribution in [0.15, 0.2) is 67.5 Å². The van der Waals surface area contributed by atoms with Gasteiger partial charge in [0.25, 0.3) is 0 Å². The lowest BCUT2D eigenvalue weighted by Crippen LogP contribution is -2.21. The second kappa shape index (κ2) is 8.12. The summed E-state index contributed by atoms with van der Waals surface area (Å²) in [5.41, 5.74) is 1.16. The Balaban J connectivity index is 1.82. The van der Waals surface area contributed by atoms with E-state index in [9.17, 15) is 0 Å². The lowest BCUT2D eigenvalue weighted by atomic mass is 10.2. The molecule has 2 rings (SSSR count). The Morgan fingerprint density at radius 1 is 1.15 bits per heavy atom. The molecule has 0 saturated heterocycles. The van der Waals surface area contributed by atoms with E-state index < -0.39 is 0 Å². The molecule has 1 heterocycles. The first-order valence-corrected chi connectivity index (χ1v) is 6.67. The van der Waals surface area contributed by atoms with Crippen molar-refractivity contribution < 1.29 is 9.47 Å². The van der Waals surface area contributed by atoms with Crippen molar-refractivity contribution in [2.24, 2.45) is 0 Å². The van der Waals surface area contributed by atoms with Crippen LogP contribution in [0.4, 0.5) is 0 Å². The van der Waals surface area contributed by atoms with Crippen molar-refractivity contribution in [3.63, 3.8) is 0 Å². The predicted molar refractivity (Wildman–Crippen MR) is 79.6 cm³/mol. The summed E-state index contributed by atoms with van der Waals surface area (Å²) in [5.74, 6) is 0.755. The molecule has 2 aromatic rings. The molecule has 0 fully saturated rings. The monoisotopic (exact) mass is 269 g/mol. The number of hydrogen-bond acceptors (Lipinski definition) is 3. The molecule has 0 amide bonds. The van der Waals surface area contributed by atoms with Gasteiger partial charge in [0.15, 0.2) is 0 Å². The van der Waals surface area contributed by atoms with Crippen molar-refractivity contribution in [1.82, 2.24) is 4.98 Å². The third-order valence-corrected chi connectivity index (χ3v) is 2.83. The number of benzene rings is 1. The summed E-state index contributed by atoms with van der Waals surface area (Å²) < 4.78 is 11.5. The van der Waals surface area contributed by atoms with E-state index in [1.807, 2.05) is 48.5 Å². The highest BCUT2D eigenvalue weighted by atomic mass is 16.5. The third kappa shape index (κ3) is 4.86. The molecule has 1 aromatic carbocycles. The van der Waals surface area contributed by atoms with E-state index in [4.69, 9.17) is 9.47 Å². The molecule has 0 spiro atoms. The molecule has 0 N–H and O–H groups in total. The highest BCUT2D eigenvalue weighted by Crippen LogP contribution is 2.11. The molecule has 1 unspecified atom stereocenters. The van der Waals surface area contributed by atoms with Gasteiger partial charge in [-0.05, 0) is 24.1 Å². The molecule has 0 aliphatic heterocycles. The second-order valence-corrected chi connectivity index (χ2v) is 4.44. The van der Waals surface area contributed by atoms with E-state index >= 15 is 0 Å². The molecule has 20 heavy (non-hydrogen) atoms. The summed E-state index contributed by atoms with van der Waals surface area (Å²) in [6.45, 7) is 4.83. The van der Waals surface area contributed by atoms with E-state index in [0.717, 1.165) is 17.7 Å². The lowest BCUT2D eigenvalue weighted by Gasteiger charge is -2.17. The smallest absolute Gasteiger partial charge is 0.137 e. The van der Waals surface area contributed by atoms with Gasteiger partial charge in [0.05, 0.1) is 18.9 Å². The van der Waals surface area contributed by atoms with Gasteiger partial charge in [0.2, 0.25) is 0 Å². The molecule has 3 nitrogen and oxygen atoms in total. The van der Waals surface area contributed by atoms with Gasteiger partial charge in [0, 0.05) is 6.20 Å². The van der Waals surface area contributed by atoms with Crippen LogP contribution in [0, 0.1) is 0 Å². The SMILES string of the molecule is C=CCC(COc1cccnc1)OCc1ccccc1. The van der Waals surface area contributed by atoms with Crippen LogP contribution in [0.25, 0.3) is 0 Å². The fourth-order valence-electron chi connectivity index (χ4n) is 1.78. The van der Waals surface area contributed by atoms with Gasteiger partial charge in [-0.25, -0.2) is 0 Å². The topological polar surface area (TPSA) is 31.4 Å². The predicted octanol–water partition coefficient (Wildman–Crippen LogP) is 3.62. The van der Waals surface area contributed by atoms with Gasteiger partial charge in [-0.1, -0.05) is 36.4 Å². The van der Waals surface area contributed by atoms with Crippen molar-refractivity contribution in [2.45, 2.75) is 19.1 Å². The Hall–Kier alpha value is -2.13.